The number of carbonyl (C=O) groups is 2. The van der Waals surface area contributed by atoms with Gasteiger partial charge in [0.2, 0.25) is 17.5 Å². The van der Waals surface area contributed by atoms with Crippen LogP contribution in [0.1, 0.15) is 28.9 Å². The Bertz CT molecular complexity index is 1110. The number of anilines is 1. The van der Waals surface area contributed by atoms with Gasteiger partial charge in [0.15, 0.2) is 5.76 Å². The zero-order chi connectivity index (χ0) is 21.8. The van der Waals surface area contributed by atoms with Crippen molar-refractivity contribution >= 4 is 33.6 Å². The second kappa shape index (κ2) is 9.06. The first-order valence-electron chi connectivity index (χ1n) is 9.60. The Kier molecular flexibility index (Phi) is 6.04. The molecule has 9 nitrogen and oxygen atoms in total. The minimum Gasteiger partial charge on any atom is -0.459 e. The largest absolute Gasteiger partial charge is 0.459 e. The lowest BCUT2D eigenvalue weighted by molar-refractivity contribution is -0.126. The van der Waals surface area contributed by atoms with Crippen molar-refractivity contribution in [3.63, 3.8) is 0 Å². The van der Waals surface area contributed by atoms with E-state index in [4.69, 9.17) is 8.83 Å². The van der Waals surface area contributed by atoms with Crippen LogP contribution in [0, 0.1) is 17.2 Å². The van der Waals surface area contributed by atoms with Crippen LogP contribution < -0.4 is 15.8 Å². The van der Waals surface area contributed by atoms with E-state index in [1.54, 1.807) is 36.4 Å². The number of piperidine rings is 1. The molecule has 3 aromatic rings. The van der Waals surface area contributed by atoms with Crippen LogP contribution in [-0.2, 0) is 4.79 Å². The van der Waals surface area contributed by atoms with E-state index in [9.17, 15) is 14.9 Å². The van der Waals surface area contributed by atoms with Crippen LogP contribution in [0.4, 0.5) is 5.88 Å². The lowest BCUT2D eigenvalue weighted by atomic mass is 9.96. The molecule has 1 saturated heterocycles. The summed E-state index contributed by atoms with van der Waals surface area (Å²) in [5.41, 5.74) is 5.56. The quantitative estimate of drug-likeness (QED) is 0.545. The third kappa shape index (κ3) is 4.62. The normalized spacial score (nSPS) is 14.1. The van der Waals surface area contributed by atoms with E-state index in [1.165, 1.54) is 6.26 Å². The van der Waals surface area contributed by atoms with Crippen LogP contribution in [-0.4, -0.2) is 29.9 Å². The Morgan fingerprint density at radius 2 is 1.90 bits per heavy atom. The van der Waals surface area contributed by atoms with E-state index in [0.29, 0.717) is 43.1 Å². The molecule has 10 heteroatoms. The van der Waals surface area contributed by atoms with Crippen LogP contribution in [0.3, 0.4) is 0 Å². The molecule has 1 fully saturated rings. The predicted molar refractivity (Wildman–Crippen MR) is 114 cm³/mol. The third-order valence-corrected chi connectivity index (χ3v) is 5.53. The number of hydrogen-bond donors (Lipinski definition) is 2. The lowest BCUT2D eigenvalue weighted by Crippen LogP contribution is -2.47. The summed E-state index contributed by atoms with van der Waals surface area (Å²) in [6.45, 7) is 1.03. The Labute approximate surface area is 186 Å². The van der Waals surface area contributed by atoms with Gasteiger partial charge in [0.1, 0.15) is 6.07 Å². The van der Waals surface area contributed by atoms with Gasteiger partial charge in [0.05, 0.1) is 6.26 Å². The summed E-state index contributed by atoms with van der Waals surface area (Å²) in [6.07, 6.45) is 2.59. The highest BCUT2D eigenvalue weighted by Crippen LogP contribution is 2.31. The van der Waals surface area contributed by atoms with Gasteiger partial charge in [-0.15, -0.1) is 0 Å². The first-order valence-corrected chi connectivity index (χ1v) is 10.4. The van der Waals surface area contributed by atoms with Crippen LogP contribution >= 0.6 is 15.9 Å². The zero-order valence-corrected chi connectivity index (χ0v) is 17.9. The molecular weight excluding hydrogens is 466 g/mol. The number of amides is 2. The van der Waals surface area contributed by atoms with Crippen LogP contribution in [0.15, 0.2) is 56.0 Å². The number of nitriles is 1. The fourth-order valence-electron chi connectivity index (χ4n) is 3.34. The number of hydrazine groups is 1. The number of furan rings is 1. The number of halogens is 1. The maximum atomic E-state index is 12.5. The van der Waals surface area contributed by atoms with Crippen molar-refractivity contribution in [1.82, 2.24) is 15.8 Å². The Hall–Kier alpha value is -3.58. The molecule has 2 N–H and O–H groups in total. The molecule has 1 aromatic carbocycles. The number of benzene rings is 1. The van der Waals surface area contributed by atoms with Crippen molar-refractivity contribution in [2.75, 3.05) is 18.0 Å². The lowest BCUT2D eigenvalue weighted by Gasteiger charge is -2.30. The molecule has 31 heavy (non-hydrogen) atoms. The monoisotopic (exact) mass is 483 g/mol. The van der Waals surface area contributed by atoms with Crippen molar-refractivity contribution in [1.29, 1.82) is 5.26 Å². The molecule has 2 amide bonds. The van der Waals surface area contributed by atoms with E-state index in [2.05, 4.69) is 31.8 Å². The van der Waals surface area contributed by atoms with Gasteiger partial charge in [-0.25, -0.2) is 0 Å². The molecule has 4 rings (SSSR count). The SMILES string of the molecule is N#Cc1nc(-c2ccco2)oc1N1CCC(C(=O)NNC(=O)c2ccc(Br)cc2)CC1. The molecule has 0 atom stereocenters. The summed E-state index contributed by atoms with van der Waals surface area (Å²) < 4.78 is 11.9. The van der Waals surface area contributed by atoms with Crippen molar-refractivity contribution in [3.8, 4) is 17.7 Å². The molecule has 0 unspecified atom stereocenters. The van der Waals surface area contributed by atoms with Gasteiger partial charge in [0, 0.05) is 29.0 Å². The Balaban J connectivity index is 1.32. The van der Waals surface area contributed by atoms with Gasteiger partial charge >= 0.3 is 0 Å². The highest BCUT2D eigenvalue weighted by molar-refractivity contribution is 9.10. The smallest absolute Gasteiger partial charge is 0.269 e. The highest BCUT2D eigenvalue weighted by Gasteiger charge is 2.29. The molecular formula is C21H18BrN5O4. The maximum Gasteiger partial charge on any atom is 0.269 e. The summed E-state index contributed by atoms with van der Waals surface area (Å²) in [7, 11) is 0. The van der Waals surface area contributed by atoms with Crippen molar-refractivity contribution < 1.29 is 18.4 Å². The number of carbonyl (C=O) groups excluding carboxylic acids is 2. The molecule has 2 aromatic heterocycles. The van der Waals surface area contributed by atoms with E-state index < -0.39 is 0 Å². The van der Waals surface area contributed by atoms with Crippen LogP contribution in [0.25, 0.3) is 11.7 Å². The second-order valence-corrected chi connectivity index (χ2v) is 7.89. The minimum atomic E-state index is -0.385. The Morgan fingerprint density at radius 1 is 1.16 bits per heavy atom. The summed E-state index contributed by atoms with van der Waals surface area (Å²) in [5.74, 6) is 0.157. The maximum absolute atomic E-state index is 12.5. The molecule has 1 aliphatic heterocycles. The number of oxazole rings is 1. The van der Waals surface area contributed by atoms with Crippen molar-refractivity contribution in [2.24, 2.45) is 5.92 Å². The van der Waals surface area contributed by atoms with Crippen LogP contribution in [0.5, 0.6) is 0 Å². The second-order valence-electron chi connectivity index (χ2n) is 6.97. The fraction of sp³-hybridized carbons (Fsp3) is 0.238. The summed E-state index contributed by atoms with van der Waals surface area (Å²) >= 11 is 3.31. The molecule has 0 bridgehead atoms. The molecule has 0 radical (unpaired) electrons. The van der Waals surface area contributed by atoms with E-state index >= 15 is 0 Å². The van der Waals surface area contributed by atoms with Crippen LogP contribution in [0.2, 0.25) is 0 Å². The van der Waals surface area contributed by atoms with Crippen molar-refractivity contribution in [2.45, 2.75) is 12.8 Å². The topological polar surface area (TPSA) is 124 Å². The molecule has 0 spiro atoms. The predicted octanol–water partition coefficient (Wildman–Crippen LogP) is 3.25. The van der Waals surface area contributed by atoms with Gasteiger partial charge in [0.25, 0.3) is 11.8 Å². The number of nitrogens with one attached hydrogen (secondary N) is 2. The molecule has 0 saturated carbocycles. The first kappa shape index (κ1) is 20.7. The summed E-state index contributed by atoms with van der Waals surface area (Å²) in [5, 5.41) is 9.39. The standard InChI is InChI=1S/C21H18BrN5O4/c22-15-5-3-13(4-6-15)18(28)25-26-19(29)14-7-9-27(10-8-14)21-16(12-23)24-20(31-21)17-2-1-11-30-17/h1-6,11,14H,7-10H2,(H,25,28)(H,26,29). The number of rotatable bonds is 4. The van der Waals surface area contributed by atoms with Gasteiger partial charge in [-0.3, -0.25) is 20.4 Å². The average molecular weight is 484 g/mol. The third-order valence-electron chi connectivity index (χ3n) is 5.01. The summed E-state index contributed by atoms with van der Waals surface area (Å²) in [4.78, 5) is 30.7. The van der Waals surface area contributed by atoms with Gasteiger partial charge in [-0.1, -0.05) is 15.9 Å². The molecule has 1 aliphatic rings. The van der Waals surface area contributed by atoms with E-state index in [0.717, 1.165) is 4.47 Å². The Morgan fingerprint density at radius 3 is 2.55 bits per heavy atom. The number of hydrogen-bond acceptors (Lipinski definition) is 7. The minimum absolute atomic E-state index is 0.177. The highest BCUT2D eigenvalue weighted by atomic mass is 79.9. The van der Waals surface area contributed by atoms with E-state index in [1.807, 2.05) is 11.0 Å². The first-order chi connectivity index (χ1) is 15.0. The summed E-state index contributed by atoms with van der Waals surface area (Å²) in [6, 6.07) is 12.3. The van der Waals surface area contributed by atoms with Gasteiger partial charge < -0.3 is 13.7 Å². The van der Waals surface area contributed by atoms with Crippen molar-refractivity contribution in [3.05, 3.63) is 58.4 Å². The molecule has 0 aliphatic carbocycles. The van der Waals surface area contributed by atoms with Gasteiger partial charge in [-0.2, -0.15) is 10.2 Å². The molecule has 158 valence electrons. The average Bonchev–Trinajstić information content (AvgIpc) is 3.47. The fourth-order valence-corrected chi connectivity index (χ4v) is 3.61. The molecule has 3 heterocycles. The number of aromatic nitrogens is 1. The van der Waals surface area contributed by atoms with Gasteiger partial charge in [-0.05, 0) is 49.2 Å². The zero-order valence-electron chi connectivity index (χ0n) is 16.3. The number of nitrogens with zero attached hydrogens (tertiary/aromatic N) is 3. The van der Waals surface area contributed by atoms with E-state index in [-0.39, 0.29) is 29.3 Å².